The lowest BCUT2D eigenvalue weighted by Crippen LogP contribution is -2.21. The van der Waals surface area contributed by atoms with Crippen molar-refractivity contribution in [2.75, 3.05) is 5.01 Å². The summed E-state index contributed by atoms with van der Waals surface area (Å²) in [6.45, 7) is 6.75. The van der Waals surface area contributed by atoms with Gasteiger partial charge >= 0.3 is 5.97 Å². The molecule has 1 aromatic heterocycles. The van der Waals surface area contributed by atoms with Gasteiger partial charge in [0.2, 0.25) is 0 Å². The van der Waals surface area contributed by atoms with Crippen molar-refractivity contribution in [3.8, 4) is 11.3 Å². The number of carbonyl (C=O) groups is 3. The van der Waals surface area contributed by atoms with E-state index >= 15 is 0 Å². The Kier molecular flexibility index (Phi) is 6.71. The third-order valence-corrected chi connectivity index (χ3v) is 5.64. The molecular weight excluding hydrogens is 468 g/mol. The highest BCUT2D eigenvalue weighted by atomic mass is 35.5. The highest BCUT2D eigenvalue weighted by Gasteiger charge is 2.29. The van der Waals surface area contributed by atoms with Crippen molar-refractivity contribution in [1.29, 1.82) is 0 Å². The monoisotopic (exact) mass is 490 g/mol. The van der Waals surface area contributed by atoms with Crippen LogP contribution in [0.3, 0.4) is 0 Å². The second-order valence-corrected chi connectivity index (χ2v) is 8.72. The number of rotatable bonds is 6. The van der Waals surface area contributed by atoms with E-state index in [1.54, 1.807) is 81.4 Å². The molecule has 1 amide bonds. The molecule has 8 heteroatoms. The number of halogens is 1. The molecule has 0 spiro atoms. The van der Waals surface area contributed by atoms with E-state index in [2.05, 4.69) is 5.10 Å². The van der Waals surface area contributed by atoms with Crippen molar-refractivity contribution < 1.29 is 23.5 Å². The zero-order valence-electron chi connectivity index (χ0n) is 19.7. The Morgan fingerprint density at radius 2 is 1.80 bits per heavy atom. The van der Waals surface area contributed by atoms with E-state index in [9.17, 15) is 14.4 Å². The van der Waals surface area contributed by atoms with E-state index in [1.165, 1.54) is 11.9 Å². The van der Waals surface area contributed by atoms with Crippen molar-refractivity contribution in [3.63, 3.8) is 0 Å². The number of anilines is 1. The molecule has 0 radical (unpaired) electrons. The van der Waals surface area contributed by atoms with Crippen molar-refractivity contribution in [1.82, 2.24) is 0 Å². The number of esters is 1. The van der Waals surface area contributed by atoms with Gasteiger partial charge in [-0.05, 0) is 88.4 Å². The van der Waals surface area contributed by atoms with Crippen LogP contribution in [0.15, 0.2) is 69.7 Å². The predicted molar refractivity (Wildman–Crippen MR) is 135 cm³/mol. The van der Waals surface area contributed by atoms with E-state index in [4.69, 9.17) is 20.8 Å². The fourth-order valence-corrected chi connectivity index (χ4v) is 3.73. The van der Waals surface area contributed by atoms with E-state index in [1.807, 2.05) is 0 Å². The molecule has 7 nitrogen and oxygen atoms in total. The highest BCUT2D eigenvalue weighted by Crippen LogP contribution is 2.30. The van der Waals surface area contributed by atoms with Crippen molar-refractivity contribution in [3.05, 3.63) is 82.1 Å². The Morgan fingerprint density at radius 3 is 2.46 bits per heavy atom. The number of ketones is 1. The number of hydrogen-bond donors (Lipinski definition) is 0. The second-order valence-electron chi connectivity index (χ2n) is 8.31. The fraction of sp³-hybridized carbons (Fsp3) is 0.185. The summed E-state index contributed by atoms with van der Waals surface area (Å²) in [5.74, 6) is 0.0846. The lowest BCUT2D eigenvalue weighted by molar-refractivity contribution is -0.114. The van der Waals surface area contributed by atoms with Gasteiger partial charge in [-0.3, -0.25) is 9.59 Å². The van der Waals surface area contributed by atoms with Crippen LogP contribution in [0.2, 0.25) is 5.02 Å². The molecule has 0 atom stereocenters. The first kappa shape index (κ1) is 24.2. The van der Waals surface area contributed by atoms with Gasteiger partial charge in [-0.25, -0.2) is 4.79 Å². The molecule has 0 saturated heterocycles. The minimum Gasteiger partial charge on any atom is -0.459 e. The van der Waals surface area contributed by atoms with Crippen LogP contribution in [0.1, 0.15) is 54.2 Å². The molecule has 0 N–H and O–H groups in total. The Morgan fingerprint density at radius 1 is 1.09 bits per heavy atom. The first-order chi connectivity index (χ1) is 16.6. The Bertz CT molecular complexity index is 1380. The smallest absolute Gasteiger partial charge is 0.339 e. The topological polar surface area (TPSA) is 89.2 Å². The zero-order chi connectivity index (χ0) is 25.3. The fourth-order valence-electron chi connectivity index (χ4n) is 3.54. The van der Waals surface area contributed by atoms with Crippen molar-refractivity contribution >= 4 is 46.7 Å². The Hall–Kier alpha value is -3.97. The van der Waals surface area contributed by atoms with Crippen LogP contribution in [0.4, 0.5) is 5.69 Å². The molecular formula is C27H23ClN2O5. The Labute approximate surface area is 207 Å². The normalized spacial score (nSPS) is 14.6. The summed E-state index contributed by atoms with van der Waals surface area (Å²) in [5, 5.41) is 5.94. The standard InChI is InChI=1S/C27H23ClN2O5/c1-15(2)34-27(33)23-13-19(7-11-24(23)28)25-12-10-21(35-25)14-22-16(3)29-30(26(22)32)20-8-5-18(6-9-20)17(4)31/h5-15H,1-4H3/b22-14+. The van der Waals surface area contributed by atoms with Gasteiger partial charge in [0.15, 0.2) is 5.78 Å². The van der Waals surface area contributed by atoms with Crippen molar-refractivity contribution in [2.24, 2.45) is 5.10 Å². The van der Waals surface area contributed by atoms with Crippen LogP contribution >= 0.6 is 11.6 Å². The molecule has 1 aliphatic heterocycles. The molecule has 2 aromatic carbocycles. The lowest BCUT2D eigenvalue weighted by Gasteiger charge is -2.11. The summed E-state index contributed by atoms with van der Waals surface area (Å²) < 4.78 is 11.2. The largest absolute Gasteiger partial charge is 0.459 e. The van der Waals surface area contributed by atoms with Crippen LogP contribution in [0, 0.1) is 0 Å². The van der Waals surface area contributed by atoms with E-state index in [0.29, 0.717) is 39.6 Å². The molecule has 2 heterocycles. The molecule has 0 fully saturated rings. The van der Waals surface area contributed by atoms with Gasteiger partial charge in [-0.15, -0.1) is 0 Å². The van der Waals surface area contributed by atoms with E-state index in [0.717, 1.165) is 0 Å². The number of hydrogen-bond acceptors (Lipinski definition) is 6. The third-order valence-electron chi connectivity index (χ3n) is 5.31. The minimum absolute atomic E-state index is 0.0530. The average Bonchev–Trinajstić information content (AvgIpc) is 3.39. The Balaban J connectivity index is 1.58. The number of ether oxygens (including phenoxy) is 1. The zero-order valence-corrected chi connectivity index (χ0v) is 20.4. The summed E-state index contributed by atoms with van der Waals surface area (Å²) >= 11 is 6.19. The number of benzene rings is 2. The summed E-state index contributed by atoms with van der Waals surface area (Å²) in [5.41, 5.74) is 2.93. The first-order valence-electron chi connectivity index (χ1n) is 11.0. The van der Waals surface area contributed by atoms with Crippen molar-refractivity contribution in [2.45, 2.75) is 33.8 Å². The van der Waals surface area contributed by atoms with Crippen LogP contribution < -0.4 is 5.01 Å². The first-order valence-corrected chi connectivity index (χ1v) is 11.4. The predicted octanol–water partition coefficient (Wildman–Crippen LogP) is 6.17. The third kappa shape index (κ3) is 5.10. The molecule has 4 rings (SSSR count). The molecule has 35 heavy (non-hydrogen) atoms. The number of hydrazone groups is 1. The quantitative estimate of drug-likeness (QED) is 0.234. The number of Topliss-reactive ketones (excluding diaryl/α,β-unsaturated/α-hetero) is 1. The highest BCUT2D eigenvalue weighted by molar-refractivity contribution is 6.33. The molecule has 0 aliphatic carbocycles. The number of nitrogens with zero attached hydrogens (tertiary/aromatic N) is 2. The van der Waals surface area contributed by atoms with E-state index < -0.39 is 5.97 Å². The summed E-state index contributed by atoms with van der Waals surface area (Å²) in [6.07, 6.45) is 1.35. The second kappa shape index (κ2) is 9.72. The minimum atomic E-state index is -0.513. The number of furan rings is 1. The maximum Gasteiger partial charge on any atom is 0.339 e. The molecule has 0 bridgehead atoms. The van der Waals surface area contributed by atoms with Gasteiger partial charge in [-0.1, -0.05) is 11.6 Å². The summed E-state index contributed by atoms with van der Waals surface area (Å²) in [7, 11) is 0. The van der Waals surface area contributed by atoms with Gasteiger partial charge < -0.3 is 9.15 Å². The molecule has 3 aromatic rings. The lowest BCUT2D eigenvalue weighted by atomic mass is 10.1. The van der Waals surface area contributed by atoms with Crippen LogP contribution in [0.25, 0.3) is 17.4 Å². The van der Waals surface area contributed by atoms with Gasteiger partial charge in [0.1, 0.15) is 11.5 Å². The SMILES string of the molecule is CC(=O)c1ccc(N2N=C(C)/C(=C\c3ccc(-c4ccc(Cl)c(C(=O)OC(C)C)c4)o3)C2=O)cc1. The maximum absolute atomic E-state index is 13.0. The summed E-state index contributed by atoms with van der Waals surface area (Å²) in [6, 6.07) is 15.1. The van der Waals surface area contributed by atoms with Crippen LogP contribution in [-0.2, 0) is 9.53 Å². The van der Waals surface area contributed by atoms with E-state index in [-0.39, 0.29) is 28.4 Å². The average molecular weight is 491 g/mol. The van der Waals surface area contributed by atoms with Gasteiger partial charge in [0, 0.05) is 11.1 Å². The van der Waals surface area contributed by atoms with Crippen LogP contribution in [0.5, 0.6) is 0 Å². The number of amides is 1. The number of carbonyl (C=O) groups excluding carboxylic acids is 3. The van der Waals surface area contributed by atoms with Gasteiger partial charge in [0.05, 0.1) is 33.7 Å². The van der Waals surface area contributed by atoms with Gasteiger partial charge in [-0.2, -0.15) is 10.1 Å². The molecule has 0 unspecified atom stereocenters. The molecule has 178 valence electrons. The summed E-state index contributed by atoms with van der Waals surface area (Å²) in [4.78, 5) is 36.9. The molecule has 1 aliphatic rings. The van der Waals surface area contributed by atoms with Gasteiger partial charge in [0.25, 0.3) is 5.91 Å². The maximum atomic E-state index is 13.0. The van der Waals surface area contributed by atoms with Crippen LogP contribution in [-0.4, -0.2) is 29.5 Å². The molecule has 0 saturated carbocycles.